The van der Waals surface area contributed by atoms with Crippen molar-refractivity contribution < 1.29 is 9.18 Å². The van der Waals surface area contributed by atoms with Crippen LogP contribution in [0.15, 0.2) is 24.3 Å². The quantitative estimate of drug-likeness (QED) is 0.743. The highest BCUT2D eigenvalue weighted by Crippen LogP contribution is 2.40. The second-order valence-electron chi connectivity index (χ2n) is 7.67. The Balaban J connectivity index is 0.00000182. The predicted molar refractivity (Wildman–Crippen MR) is 113 cm³/mol. The van der Waals surface area contributed by atoms with Gasteiger partial charge in [0.15, 0.2) is 0 Å². The molecule has 1 aromatic rings. The summed E-state index contributed by atoms with van der Waals surface area (Å²) < 4.78 is 13.7. The van der Waals surface area contributed by atoms with E-state index in [9.17, 15) is 9.18 Å². The fraction of sp³-hybridized carbons (Fsp3) is 0.650. The van der Waals surface area contributed by atoms with E-state index in [1.54, 1.807) is 12.1 Å². The number of carbonyl (C=O) groups excluding carboxylic acids is 1. The minimum absolute atomic E-state index is 0. The van der Waals surface area contributed by atoms with Crippen molar-refractivity contribution in [2.75, 3.05) is 33.2 Å². The zero-order valence-corrected chi connectivity index (χ0v) is 17.6. The fourth-order valence-corrected chi connectivity index (χ4v) is 4.36. The molecule has 0 radical (unpaired) electrons. The Hall–Kier alpha value is -0.880. The number of amides is 1. The number of benzene rings is 1. The van der Waals surface area contributed by atoms with Crippen LogP contribution in [-0.2, 0) is 10.2 Å². The Morgan fingerprint density at radius 3 is 2.56 bits per heavy atom. The molecule has 3 rings (SSSR count). The Labute approximate surface area is 174 Å². The molecule has 1 saturated carbocycles. The topological polar surface area (TPSA) is 44.4 Å². The van der Waals surface area contributed by atoms with Crippen LogP contribution in [0.2, 0.25) is 0 Å². The minimum atomic E-state index is -0.194. The third kappa shape index (κ3) is 6.31. The third-order valence-electron chi connectivity index (χ3n) is 5.95. The van der Waals surface area contributed by atoms with Crippen LogP contribution in [0.1, 0.15) is 44.1 Å². The van der Waals surface area contributed by atoms with Gasteiger partial charge in [-0.2, -0.15) is 0 Å². The number of nitrogens with zero attached hydrogens (tertiary/aromatic N) is 1. The van der Waals surface area contributed by atoms with Crippen LogP contribution >= 0.6 is 24.8 Å². The maximum absolute atomic E-state index is 13.7. The van der Waals surface area contributed by atoms with Gasteiger partial charge in [0.2, 0.25) is 5.91 Å². The first-order valence-electron chi connectivity index (χ1n) is 9.53. The van der Waals surface area contributed by atoms with Crippen molar-refractivity contribution in [3.8, 4) is 0 Å². The summed E-state index contributed by atoms with van der Waals surface area (Å²) in [6.45, 7) is 3.10. The summed E-state index contributed by atoms with van der Waals surface area (Å²) in [6.07, 6.45) is 6.50. The second kappa shape index (κ2) is 11.2. The lowest BCUT2D eigenvalue weighted by atomic mass is 9.78. The molecule has 0 atom stereocenters. The normalized spacial score (nSPS) is 19.2. The largest absolute Gasteiger partial charge is 0.354 e. The molecule has 2 fully saturated rings. The first-order chi connectivity index (χ1) is 12.1. The molecule has 0 unspecified atom stereocenters. The van der Waals surface area contributed by atoms with Gasteiger partial charge in [-0.05, 0) is 63.5 Å². The number of halogens is 3. The van der Waals surface area contributed by atoms with Crippen LogP contribution in [-0.4, -0.2) is 50.1 Å². The first kappa shape index (κ1) is 24.2. The van der Waals surface area contributed by atoms with Gasteiger partial charge in [0.05, 0.1) is 6.54 Å². The Kier molecular flexibility index (Phi) is 10.0. The number of rotatable bonds is 6. The van der Waals surface area contributed by atoms with Crippen LogP contribution in [0.3, 0.4) is 0 Å². The second-order valence-corrected chi connectivity index (χ2v) is 7.67. The standard InChI is InChI=1S/C20H30FN3O.2ClH/c1-24(18-7-11-22-12-8-18)14-19(25)23-15-20(9-2-3-10-20)16-5-4-6-17(21)13-16;;/h4-6,13,18,22H,2-3,7-12,14-15H2,1H3,(H,23,25);2*1H. The third-order valence-corrected chi connectivity index (χ3v) is 5.95. The van der Waals surface area contributed by atoms with Gasteiger partial charge in [-0.25, -0.2) is 4.39 Å². The lowest BCUT2D eigenvalue weighted by Crippen LogP contribution is -2.47. The van der Waals surface area contributed by atoms with E-state index in [0.717, 1.165) is 57.2 Å². The van der Waals surface area contributed by atoms with Gasteiger partial charge in [0.1, 0.15) is 5.82 Å². The molecule has 1 amide bonds. The smallest absolute Gasteiger partial charge is 0.234 e. The van der Waals surface area contributed by atoms with Gasteiger partial charge in [0, 0.05) is 18.0 Å². The number of likely N-dealkylation sites (N-methyl/N-ethyl adjacent to an activating group) is 1. The summed E-state index contributed by atoms with van der Waals surface area (Å²) >= 11 is 0. The van der Waals surface area contributed by atoms with Crippen LogP contribution in [0.4, 0.5) is 4.39 Å². The lowest BCUT2D eigenvalue weighted by Gasteiger charge is -2.33. The molecule has 1 saturated heterocycles. The van der Waals surface area contributed by atoms with Gasteiger partial charge < -0.3 is 10.6 Å². The summed E-state index contributed by atoms with van der Waals surface area (Å²) in [4.78, 5) is 14.6. The van der Waals surface area contributed by atoms with E-state index in [1.165, 1.54) is 6.07 Å². The number of hydrogen-bond donors (Lipinski definition) is 2. The maximum atomic E-state index is 13.7. The van der Waals surface area contributed by atoms with Crippen LogP contribution in [0, 0.1) is 5.82 Å². The van der Waals surface area contributed by atoms with E-state index in [0.29, 0.717) is 19.1 Å². The molecule has 2 N–H and O–H groups in total. The van der Waals surface area contributed by atoms with Crippen molar-refractivity contribution in [1.29, 1.82) is 0 Å². The van der Waals surface area contributed by atoms with Crippen molar-refractivity contribution in [2.24, 2.45) is 0 Å². The number of nitrogens with one attached hydrogen (secondary N) is 2. The summed E-state index contributed by atoms with van der Waals surface area (Å²) in [5, 5.41) is 6.49. The molecule has 1 aromatic carbocycles. The molecule has 154 valence electrons. The van der Waals surface area contributed by atoms with Crippen molar-refractivity contribution in [3.63, 3.8) is 0 Å². The predicted octanol–water partition coefficient (Wildman–Crippen LogP) is 3.28. The van der Waals surface area contributed by atoms with Crippen molar-refractivity contribution >= 4 is 30.7 Å². The van der Waals surface area contributed by atoms with Gasteiger partial charge >= 0.3 is 0 Å². The number of piperidine rings is 1. The maximum Gasteiger partial charge on any atom is 0.234 e. The highest BCUT2D eigenvalue weighted by Gasteiger charge is 2.36. The van der Waals surface area contributed by atoms with E-state index in [4.69, 9.17) is 0 Å². The molecular weight excluding hydrogens is 388 g/mol. The van der Waals surface area contributed by atoms with Crippen molar-refractivity contribution in [2.45, 2.75) is 50.0 Å². The summed E-state index contributed by atoms with van der Waals surface area (Å²) in [5.74, 6) is -0.121. The Morgan fingerprint density at radius 1 is 1.26 bits per heavy atom. The summed E-state index contributed by atoms with van der Waals surface area (Å²) in [5.41, 5.74) is 0.919. The monoisotopic (exact) mass is 419 g/mol. The first-order valence-corrected chi connectivity index (χ1v) is 9.53. The Morgan fingerprint density at radius 2 is 1.93 bits per heavy atom. The van der Waals surface area contributed by atoms with Gasteiger partial charge in [-0.15, -0.1) is 24.8 Å². The molecule has 1 aliphatic heterocycles. The van der Waals surface area contributed by atoms with Crippen LogP contribution < -0.4 is 10.6 Å². The molecule has 7 heteroatoms. The average Bonchev–Trinajstić information content (AvgIpc) is 3.11. The highest BCUT2D eigenvalue weighted by molar-refractivity contribution is 5.85. The molecule has 0 aromatic heterocycles. The zero-order valence-electron chi connectivity index (χ0n) is 16.0. The SMILES string of the molecule is CN(CC(=O)NCC1(c2cccc(F)c2)CCCC1)C1CCNCC1.Cl.Cl. The van der Waals surface area contributed by atoms with Gasteiger partial charge in [-0.1, -0.05) is 25.0 Å². The molecule has 1 heterocycles. The van der Waals surface area contributed by atoms with E-state index < -0.39 is 0 Å². The lowest BCUT2D eigenvalue weighted by molar-refractivity contribution is -0.122. The van der Waals surface area contributed by atoms with Crippen molar-refractivity contribution in [3.05, 3.63) is 35.6 Å². The highest BCUT2D eigenvalue weighted by atomic mass is 35.5. The van der Waals surface area contributed by atoms with Crippen molar-refractivity contribution in [1.82, 2.24) is 15.5 Å². The molecule has 2 aliphatic rings. The summed E-state index contributed by atoms with van der Waals surface area (Å²) in [6, 6.07) is 7.38. The molecule has 0 spiro atoms. The molecule has 0 bridgehead atoms. The molecule has 4 nitrogen and oxygen atoms in total. The molecule has 27 heavy (non-hydrogen) atoms. The average molecular weight is 420 g/mol. The van der Waals surface area contributed by atoms with E-state index in [2.05, 4.69) is 15.5 Å². The fourth-order valence-electron chi connectivity index (χ4n) is 4.36. The van der Waals surface area contributed by atoms with E-state index >= 15 is 0 Å². The number of carbonyl (C=O) groups is 1. The van der Waals surface area contributed by atoms with Crippen LogP contribution in [0.5, 0.6) is 0 Å². The van der Waals surface area contributed by atoms with Gasteiger partial charge in [0.25, 0.3) is 0 Å². The van der Waals surface area contributed by atoms with Gasteiger partial charge in [-0.3, -0.25) is 9.69 Å². The molecule has 1 aliphatic carbocycles. The summed E-state index contributed by atoms with van der Waals surface area (Å²) in [7, 11) is 2.04. The van der Waals surface area contributed by atoms with E-state index in [1.807, 2.05) is 13.1 Å². The zero-order chi connectivity index (χ0) is 17.7. The van der Waals surface area contributed by atoms with Crippen LogP contribution in [0.25, 0.3) is 0 Å². The molecular formula is C20H32Cl2FN3O. The van der Waals surface area contributed by atoms with E-state index in [-0.39, 0.29) is 42.0 Å². The minimum Gasteiger partial charge on any atom is -0.354 e. The number of hydrogen-bond acceptors (Lipinski definition) is 3. The Bertz CT molecular complexity index is 590.